The zero-order valence-electron chi connectivity index (χ0n) is 13.3. The van der Waals surface area contributed by atoms with Gasteiger partial charge in [0.15, 0.2) is 0 Å². The fourth-order valence-electron chi connectivity index (χ4n) is 2.95. The van der Waals surface area contributed by atoms with Crippen LogP contribution in [-0.4, -0.2) is 37.7 Å². The molecule has 2 heteroatoms. The normalized spacial score (nSPS) is 16.8. The maximum atomic E-state index is 5.40. The van der Waals surface area contributed by atoms with Crippen molar-refractivity contribution in [3.8, 4) is 0 Å². The first-order valence-electron chi connectivity index (χ1n) is 8.12. The Labute approximate surface area is 124 Å². The smallest absolute Gasteiger partial charge is 0.0594 e. The second kappa shape index (κ2) is 7.80. The molecule has 1 heterocycles. The van der Waals surface area contributed by atoms with Crippen LogP contribution in [0.4, 0.5) is 0 Å². The van der Waals surface area contributed by atoms with Crippen molar-refractivity contribution in [3.05, 3.63) is 34.9 Å². The third-order valence-corrected chi connectivity index (χ3v) is 4.26. The molecule has 0 unspecified atom stereocenters. The van der Waals surface area contributed by atoms with Gasteiger partial charge in [-0.25, -0.2) is 0 Å². The van der Waals surface area contributed by atoms with Gasteiger partial charge in [0.2, 0.25) is 0 Å². The summed E-state index contributed by atoms with van der Waals surface area (Å²) in [5.41, 5.74) is 4.56. The van der Waals surface area contributed by atoms with E-state index in [1.165, 1.54) is 24.9 Å². The first-order valence-corrected chi connectivity index (χ1v) is 8.12. The lowest BCUT2D eigenvalue weighted by atomic mass is 9.92. The van der Waals surface area contributed by atoms with Crippen molar-refractivity contribution < 1.29 is 4.74 Å². The SMILES string of the molecule is CCc1ccc(CCCN2CCOCC2)c(C(C)C)c1. The van der Waals surface area contributed by atoms with Crippen LogP contribution in [-0.2, 0) is 17.6 Å². The molecule has 0 atom stereocenters. The van der Waals surface area contributed by atoms with Gasteiger partial charge in [0, 0.05) is 13.1 Å². The molecule has 2 nitrogen and oxygen atoms in total. The van der Waals surface area contributed by atoms with E-state index in [9.17, 15) is 0 Å². The van der Waals surface area contributed by atoms with Crippen molar-refractivity contribution in [2.45, 2.75) is 46.0 Å². The van der Waals surface area contributed by atoms with Crippen molar-refractivity contribution in [2.75, 3.05) is 32.8 Å². The quantitative estimate of drug-likeness (QED) is 0.786. The zero-order chi connectivity index (χ0) is 14.4. The molecule has 0 bridgehead atoms. The first-order chi connectivity index (χ1) is 9.70. The molecule has 0 aliphatic carbocycles. The minimum atomic E-state index is 0.625. The lowest BCUT2D eigenvalue weighted by Gasteiger charge is -2.26. The van der Waals surface area contributed by atoms with Gasteiger partial charge in [-0.1, -0.05) is 39.0 Å². The average Bonchev–Trinajstić information content (AvgIpc) is 2.48. The number of morpholine rings is 1. The Hall–Kier alpha value is -0.860. The van der Waals surface area contributed by atoms with Crippen LogP contribution in [0, 0.1) is 0 Å². The summed E-state index contributed by atoms with van der Waals surface area (Å²) in [6.45, 7) is 12.1. The highest BCUT2D eigenvalue weighted by molar-refractivity contribution is 5.34. The van der Waals surface area contributed by atoms with Crippen LogP contribution in [0.1, 0.15) is 49.8 Å². The molecule has 1 saturated heterocycles. The Bertz CT molecular complexity index is 408. The number of hydrogen-bond donors (Lipinski definition) is 0. The monoisotopic (exact) mass is 275 g/mol. The summed E-state index contributed by atoms with van der Waals surface area (Å²) in [6, 6.07) is 7.07. The van der Waals surface area contributed by atoms with Crippen LogP contribution in [0.25, 0.3) is 0 Å². The summed E-state index contributed by atoms with van der Waals surface area (Å²) in [4.78, 5) is 2.53. The van der Waals surface area contributed by atoms with Crippen molar-refractivity contribution >= 4 is 0 Å². The van der Waals surface area contributed by atoms with Gasteiger partial charge in [0.05, 0.1) is 13.2 Å². The van der Waals surface area contributed by atoms with Crippen molar-refractivity contribution in [2.24, 2.45) is 0 Å². The van der Waals surface area contributed by atoms with E-state index in [1.807, 2.05) is 0 Å². The van der Waals surface area contributed by atoms with Gasteiger partial charge in [-0.05, 0) is 48.4 Å². The minimum absolute atomic E-state index is 0.625. The predicted molar refractivity (Wildman–Crippen MR) is 85.5 cm³/mol. The Balaban J connectivity index is 1.91. The third-order valence-electron chi connectivity index (χ3n) is 4.26. The van der Waals surface area contributed by atoms with Gasteiger partial charge in [-0.15, -0.1) is 0 Å². The van der Waals surface area contributed by atoms with Gasteiger partial charge < -0.3 is 4.74 Å². The van der Waals surface area contributed by atoms with E-state index in [0.717, 1.165) is 32.7 Å². The molecule has 0 aromatic heterocycles. The first kappa shape index (κ1) is 15.5. The molecule has 1 aromatic rings. The lowest BCUT2D eigenvalue weighted by molar-refractivity contribution is 0.0374. The molecule has 1 aliphatic rings. The summed E-state index contributed by atoms with van der Waals surface area (Å²) in [7, 11) is 0. The number of aryl methyl sites for hydroxylation is 2. The van der Waals surface area contributed by atoms with Crippen LogP contribution in [0.2, 0.25) is 0 Å². The molecule has 1 aromatic carbocycles. The number of ether oxygens (including phenoxy) is 1. The van der Waals surface area contributed by atoms with Gasteiger partial charge in [-0.2, -0.15) is 0 Å². The molecule has 0 saturated carbocycles. The molecular weight excluding hydrogens is 246 g/mol. The second-order valence-electron chi connectivity index (χ2n) is 6.10. The summed E-state index contributed by atoms with van der Waals surface area (Å²) < 4.78 is 5.40. The van der Waals surface area contributed by atoms with E-state index in [1.54, 1.807) is 11.1 Å². The topological polar surface area (TPSA) is 12.5 Å². The molecule has 1 fully saturated rings. The minimum Gasteiger partial charge on any atom is -0.379 e. The highest BCUT2D eigenvalue weighted by Gasteiger charge is 2.11. The summed E-state index contributed by atoms with van der Waals surface area (Å²) in [5, 5.41) is 0. The van der Waals surface area contributed by atoms with E-state index >= 15 is 0 Å². The standard InChI is InChI=1S/C18H29NO/c1-4-16-7-8-17(18(14-16)15(2)3)6-5-9-19-10-12-20-13-11-19/h7-8,14-15H,4-6,9-13H2,1-3H3. The van der Waals surface area contributed by atoms with Gasteiger partial charge in [0.25, 0.3) is 0 Å². The van der Waals surface area contributed by atoms with E-state index in [2.05, 4.69) is 43.9 Å². The Morgan fingerprint density at radius 3 is 2.60 bits per heavy atom. The van der Waals surface area contributed by atoms with Crippen LogP contribution < -0.4 is 0 Å². The van der Waals surface area contributed by atoms with E-state index < -0.39 is 0 Å². The van der Waals surface area contributed by atoms with Crippen molar-refractivity contribution in [1.29, 1.82) is 0 Å². The lowest BCUT2D eigenvalue weighted by Crippen LogP contribution is -2.36. The van der Waals surface area contributed by atoms with Crippen molar-refractivity contribution in [3.63, 3.8) is 0 Å². The van der Waals surface area contributed by atoms with Gasteiger partial charge in [-0.3, -0.25) is 4.90 Å². The number of nitrogens with zero attached hydrogens (tertiary/aromatic N) is 1. The Morgan fingerprint density at radius 2 is 1.95 bits per heavy atom. The van der Waals surface area contributed by atoms with Crippen molar-refractivity contribution in [1.82, 2.24) is 4.90 Å². The molecule has 20 heavy (non-hydrogen) atoms. The predicted octanol–water partition coefficient (Wildman–Crippen LogP) is 3.64. The van der Waals surface area contributed by atoms with Crippen LogP contribution in [0.3, 0.4) is 0 Å². The highest BCUT2D eigenvalue weighted by atomic mass is 16.5. The average molecular weight is 275 g/mol. The van der Waals surface area contributed by atoms with E-state index in [0.29, 0.717) is 5.92 Å². The van der Waals surface area contributed by atoms with Crippen LogP contribution >= 0.6 is 0 Å². The zero-order valence-corrected chi connectivity index (χ0v) is 13.3. The Morgan fingerprint density at radius 1 is 1.20 bits per heavy atom. The number of rotatable bonds is 6. The van der Waals surface area contributed by atoms with Crippen LogP contribution in [0.5, 0.6) is 0 Å². The maximum Gasteiger partial charge on any atom is 0.0594 e. The van der Waals surface area contributed by atoms with E-state index in [-0.39, 0.29) is 0 Å². The molecule has 0 amide bonds. The summed E-state index contributed by atoms with van der Waals surface area (Å²) in [5.74, 6) is 0.625. The molecule has 2 rings (SSSR count). The third kappa shape index (κ3) is 4.32. The van der Waals surface area contributed by atoms with E-state index in [4.69, 9.17) is 4.74 Å². The molecule has 0 spiro atoms. The maximum absolute atomic E-state index is 5.40. The Kier molecular flexibility index (Phi) is 6.06. The molecule has 0 N–H and O–H groups in total. The fourth-order valence-corrected chi connectivity index (χ4v) is 2.95. The van der Waals surface area contributed by atoms with Gasteiger partial charge >= 0.3 is 0 Å². The number of benzene rings is 1. The summed E-state index contributed by atoms with van der Waals surface area (Å²) >= 11 is 0. The molecule has 112 valence electrons. The molecule has 1 aliphatic heterocycles. The molecular formula is C18H29NO. The second-order valence-corrected chi connectivity index (χ2v) is 6.10. The molecule has 0 radical (unpaired) electrons. The highest BCUT2D eigenvalue weighted by Crippen LogP contribution is 2.23. The largest absolute Gasteiger partial charge is 0.379 e. The summed E-state index contributed by atoms with van der Waals surface area (Å²) in [6.07, 6.45) is 3.59. The van der Waals surface area contributed by atoms with Crippen LogP contribution in [0.15, 0.2) is 18.2 Å². The number of hydrogen-bond acceptors (Lipinski definition) is 2. The van der Waals surface area contributed by atoms with Gasteiger partial charge in [0.1, 0.15) is 0 Å². The fraction of sp³-hybridized carbons (Fsp3) is 0.667.